The molecule has 10 heteroatoms. The summed E-state index contributed by atoms with van der Waals surface area (Å²) in [4.78, 5) is 24.3. The second kappa shape index (κ2) is 12.5. The molecule has 0 aliphatic carbocycles. The summed E-state index contributed by atoms with van der Waals surface area (Å²) in [5.74, 6) is 1.36. The highest BCUT2D eigenvalue weighted by Crippen LogP contribution is 2.26. The molecule has 3 rings (SSSR count). The molecule has 0 spiro atoms. The van der Waals surface area contributed by atoms with Crippen molar-refractivity contribution in [3.63, 3.8) is 0 Å². The lowest BCUT2D eigenvalue weighted by molar-refractivity contribution is -0.122. The van der Waals surface area contributed by atoms with Gasteiger partial charge in [0.05, 0.1) is 13.2 Å². The SMILES string of the molecule is CCOc1ccccc1OCCCC(=O)NNC(=O)c1ccc(CSc2nncn2C)cc1. The van der Waals surface area contributed by atoms with Crippen LogP contribution in [0.3, 0.4) is 0 Å². The number of carbonyl (C=O) groups excluding carboxylic acids is 2. The third-order valence-electron chi connectivity index (χ3n) is 4.52. The number of nitrogens with zero attached hydrogens (tertiary/aromatic N) is 3. The van der Waals surface area contributed by atoms with E-state index in [2.05, 4.69) is 21.0 Å². The lowest BCUT2D eigenvalue weighted by atomic mass is 10.1. The van der Waals surface area contributed by atoms with Gasteiger partial charge in [-0.2, -0.15) is 0 Å². The number of benzene rings is 2. The maximum atomic E-state index is 12.3. The van der Waals surface area contributed by atoms with Gasteiger partial charge in [-0.25, -0.2) is 0 Å². The molecule has 0 fully saturated rings. The molecular weight excluding hydrogens is 442 g/mol. The fraction of sp³-hybridized carbons (Fsp3) is 0.304. The first-order valence-electron chi connectivity index (χ1n) is 10.6. The number of thioether (sulfide) groups is 1. The first-order valence-corrected chi connectivity index (χ1v) is 11.5. The van der Waals surface area contributed by atoms with E-state index in [9.17, 15) is 9.59 Å². The van der Waals surface area contributed by atoms with Gasteiger partial charge in [0, 0.05) is 24.8 Å². The molecule has 2 aromatic carbocycles. The molecule has 0 saturated carbocycles. The molecule has 0 aliphatic rings. The second-order valence-electron chi connectivity index (χ2n) is 7.04. The van der Waals surface area contributed by atoms with Crippen LogP contribution >= 0.6 is 11.8 Å². The minimum absolute atomic E-state index is 0.218. The Morgan fingerprint density at radius 2 is 1.76 bits per heavy atom. The summed E-state index contributed by atoms with van der Waals surface area (Å²) in [6, 6.07) is 14.6. The lowest BCUT2D eigenvalue weighted by Gasteiger charge is -2.11. The number of amides is 2. The van der Waals surface area contributed by atoms with E-state index in [-0.39, 0.29) is 18.2 Å². The lowest BCUT2D eigenvalue weighted by Crippen LogP contribution is -2.41. The third kappa shape index (κ3) is 7.53. The Hall–Kier alpha value is -3.53. The van der Waals surface area contributed by atoms with Crippen molar-refractivity contribution < 1.29 is 19.1 Å². The fourth-order valence-electron chi connectivity index (χ4n) is 2.82. The highest BCUT2D eigenvalue weighted by molar-refractivity contribution is 7.98. The van der Waals surface area contributed by atoms with Gasteiger partial charge < -0.3 is 14.0 Å². The van der Waals surface area contributed by atoms with Crippen LogP contribution in [0.2, 0.25) is 0 Å². The van der Waals surface area contributed by atoms with Crippen molar-refractivity contribution in [3.05, 3.63) is 66.0 Å². The predicted octanol–water partition coefficient (Wildman–Crippen LogP) is 3.13. The Kier molecular flexibility index (Phi) is 9.13. The molecule has 1 heterocycles. The minimum atomic E-state index is -0.377. The molecule has 3 aromatic rings. The number of rotatable bonds is 11. The van der Waals surface area contributed by atoms with E-state index < -0.39 is 0 Å². The van der Waals surface area contributed by atoms with Crippen LogP contribution in [0.1, 0.15) is 35.7 Å². The van der Waals surface area contributed by atoms with Gasteiger partial charge in [-0.05, 0) is 43.2 Å². The van der Waals surface area contributed by atoms with Gasteiger partial charge >= 0.3 is 0 Å². The zero-order valence-electron chi connectivity index (χ0n) is 18.6. The Morgan fingerprint density at radius 3 is 2.42 bits per heavy atom. The van der Waals surface area contributed by atoms with Crippen molar-refractivity contribution in [2.75, 3.05) is 13.2 Å². The summed E-state index contributed by atoms with van der Waals surface area (Å²) in [7, 11) is 1.89. The summed E-state index contributed by atoms with van der Waals surface area (Å²) in [5.41, 5.74) is 6.38. The largest absolute Gasteiger partial charge is 0.490 e. The molecule has 2 amide bonds. The molecule has 9 nitrogen and oxygen atoms in total. The molecule has 0 radical (unpaired) electrons. The van der Waals surface area contributed by atoms with Gasteiger partial charge in [-0.1, -0.05) is 36.0 Å². The van der Waals surface area contributed by atoms with Gasteiger partial charge in [-0.15, -0.1) is 10.2 Å². The number of aromatic nitrogens is 3. The zero-order chi connectivity index (χ0) is 23.5. The summed E-state index contributed by atoms with van der Waals surface area (Å²) < 4.78 is 13.0. The van der Waals surface area contributed by atoms with E-state index in [1.54, 1.807) is 30.2 Å². The Morgan fingerprint density at radius 1 is 1.03 bits per heavy atom. The monoisotopic (exact) mass is 469 g/mol. The van der Waals surface area contributed by atoms with Gasteiger partial charge in [0.15, 0.2) is 16.7 Å². The zero-order valence-corrected chi connectivity index (χ0v) is 19.4. The molecule has 2 N–H and O–H groups in total. The number of aryl methyl sites for hydroxylation is 1. The van der Waals surface area contributed by atoms with Crippen molar-refractivity contribution >= 4 is 23.6 Å². The Bertz CT molecular complexity index is 1060. The molecule has 0 atom stereocenters. The maximum Gasteiger partial charge on any atom is 0.269 e. The Balaban J connectivity index is 1.35. The van der Waals surface area contributed by atoms with Crippen molar-refractivity contribution in [1.82, 2.24) is 25.6 Å². The molecule has 1 aromatic heterocycles. The number of nitrogens with one attached hydrogen (secondary N) is 2. The second-order valence-corrected chi connectivity index (χ2v) is 7.99. The van der Waals surface area contributed by atoms with Gasteiger partial charge in [0.1, 0.15) is 6.33 Å². The standard InChI is InChI=1S/C23H27N5O4S/c1-3-31-19-7-4-5-8-20(19)32-14-6-9-21(29)25-26-22(30)18-12-10-17(11-13-18)15-33-23-27-24-16-28(23)2/h4-5,7-8,10-13,16H,3,6,9,14-15H2,1-2H3,(H,25,29)(H,26,30). The smallest absolute Gasteiger partial charge is 0.269 e. The molecule has 33 heavy (non-hydrogen) atoms. The van der Waals surface area contributed by atoms with E-state index in [0.717, 1.165) is 10.7 Å². The molecule has 0 saturated heterocycles. The average Bonchev–Trinajstić information content (AvgIpc) is 3.25. The van der Waals surface area contributed by atoms with E-state index in [4.69, 9.17) is 9.47 Å². The maximum absolute atomic E-state index is 12.3. The topological polar surface area (TPSA) is 107 Å². The predicted molar refractivity (Wildman–Crippen MR) is 125 cm³/mol. The van der Waals surface area contributed by atoms with Crippen molar-refractivity contribution in [3.8, 4) is 11.5 Å². The minimum Gasteiger partial charge on any atom is -0.490 e. The van der Waals surface area contributed by atoms with Crippen LogP contribution in [0.4, 0.5) is 0 Å². The van der Waals surface area contributed by atoms with Crippen LogP contribution in [0.15, 0.2) is 60.0 Å². The molecule has 0 unspecified atom stereocenters. The molecule has 0 aliphatic heterocycles. The first kappa shape index (κ1) is 24.1. The van der Waals surface area contributed by atoms with Crippen LogP contribution in [0.25, 0.3) is 0 Å². The van der Waals surface area contributed by atoms with Gasteiger partial charge in [0.2, 0.25) is 5.91 Å². The average molecular weight is 470 g/mol. The van der Waals surface area contributed by atoms with Gasteiger partial charge in [0.25, 0.3) is 5.91 Å². The number of hydrogen-bond donors (Lipinski definition) is 2. The molecular formula is C23H27N5O4S. The number of hydrogen-bond acceptors (Lipinski definition) is 7. The summed E-state index contributed by atoms with van der Waals surface area (Å²) >= 11 is 1.56. The fourth-order valence-corrected chi connectivity index (χ4v) is 3.67. The van der Waals surface area contributed by atoms with E-state index in [1.165, 1.54) is 0 Å². The third-order valence-corrected chi connectivity index (χ3v) is 5.63. The highest BCUT2D eigenvalue weighted by Gasteiger charge is 2.09. The quantitative estimate of drug-likeness (QED) is 0.252. The van der Waals surface area contributed by atoms with E-state index in [1.807, 2.05) is 54.9 Å². The summed E-state index contributed by atoms with van der Waals surface area (Å²) in [6.45, 7) is 2.82. The number of hydrazine groups is 1. The Labute approximate surface area is 196 Å². The van der Waals surface area contributed by atoms with Crippen LogP contribution in [-0.4, -0.2) is 39.8 Å². The number of carbonyl (C=O) groups is 2. The first-order chi connectivity index (χ1) is 16.1. The van der Waals surface area contributed by atoms with Crippen LogP contribution < -0.4 is 20.3 Å². The van der Waals surface area contributed by atoms with Crippen molar-refractivity contribution in [2.24, 2.45) is 7.05 Å². The van der Waals surface area contributed by atoms with E-state index in [0.29, 0.717) is 42.4 Å². The van der Waals surface area contributed by atoms with Crippen LogP contribution in [0, 0.1) is 0 Å². The highest BCUT2D eigenvalue weighted by atomic mass is 32.2. The number of para-hydroxylation sites is 2. The summed E-state index contributed by atoms with van der Waals surface area (Å²) in [5, 5.41) is 8.70. The van der Waals surface area contributed by atoms with Gasteiger partial charge in [-0.3, -0.25) is 20.4 Å². The van der Waals surface area contributed by atoms with Crippen molar-refractivity contribution in [2.45, 2.75) is 30.7 Å². The summed E-state index contributed by atoms with van der Waals surface area (Å²) in [6.07, 6.45) is 2.37. The normalized spacial score (nSPS) is 10.5. The van der Waals surface area contributed by atoms with Crippen LogP contribution in [0.5, 0.6) is 11.5 Å². The van der Waals surface area contributed by atoms with Crippen LogP contribution in [-0.2, 0) is 17.6 Å². The number of ether oxygens (including phenoxy) is 2. The van der Waals surface area contributed by atoms with Crippen molar-refractivity contribution in [1.29, 1.82) is 0 Å². The van der Waals surface area contributed by atoms with E-state index >= 15 is 0 Å². The molecule has 0 bridgehead atoms. The molecule has 174 valence electrons.